The van der Waals surface area contributed by atoms with Gasteiger partial charge in [0.25, 0.3) is 0 Å². The highest BCUT2D eigenvalue weighted by atomic mass is 16.3. The fourth-order valence-corrected chi connectivity index (χ4v) is 1.48. The highest BCUT2D eigenvalue weighted by Gasteiger charge is 1.99. The Morgan fingerprint density at radius 2 is 1.54 bits per heavy atom. The highest BCUT2D eigenvalue weighted by Crippen LogP contribution is 2.10. The van der Waals surface area contributed by atoms with Crippen molar-refractivity contribution in [1.29, 1.82) is 0 Å². The van der Waals surface area contributed by atoms with Crippen LogP contribution in [0.25, 0.3) is 0 Å². The molecule has 0 fully saturated rings. The molecule has 0 aliphatic carbocycles. The van der Waals surface area contributed by atoms with Gasteiger partial charge in [0, 0.05) is 0 Å². The van der Waals surface area contributed by atoms with Gasteiger partial charge in [-0.05, 0) is 12.8 Å². The smallest absolute Gasteiger partial charge is 0.0540 e. The molecule has 0 aliphatic rings. The van der Waals surface area contributed by atoms with E-state index in [1.54, 1.807) is 0 Å². The first kappa shape index (κ1) is 13.0. The van der Waals surface area contributed by atoms with Crippen molar-refractivity contribution in [3.63, 3.8) is 0 Å². The monoisotopic (exact) mass is 185 g/mol. The molecule has 0 saturated heterocycles. The topological polar surface area (TPSA) is 20.2 Å². The van der Waals surface area contributed by atoms with E-state index in [0.29, 0.717) is 6.42 Å². The Morgan fingerprint density at radius 3 is 2.08 bits per heavy atom. The molecule has 0 aromatic carbocycles. The third-order valence-electron chi connectivity index (χ3n) is 2.47. The normalized spacial score (nSPS) is 13.2. The quantitative estimate of drug-likeness (QED) is 0.543. The number of hydrogen-bond donors (Lipinski definition) is 1. The van der Waals surface area contributed by atoms with Gasteiger partial charge in [0.1, 0.15) is 0 Å². The van der Waals surface area contributed by atoms with Crippen LogP contribution in [0.15, 0.2) is 0 Å². The van der Waals surface area contributed by atoms with Gasteiger partial charge in [-0.1, -0.05) is 58.8 Å². The van der Waals surface area contributed by atoms with E-state index in [9.17, 15) is 5.11 Å². The van der Waals surface area contributed by atoms with Gasteiger partial charge in [-0.15, -0.1) is 0 Å². The molecule has 0 aromatic heterocycles. The molecule has 1 N–H and O–H groups in total. The number of hydrogen-bond acceptors (Lipinski definition) is 1. The summed E-state index contributed by atoms with van der Waals surface area (Å²) in [6.45, 7) is 5.92. The average molecular weight is 185 g/mol. The van der Waals surface area contributed by atoms with Gasteiger partial charge >= 0.3 is 0 Å². The molecule has 0 saturated carbocycles. The van der Waals surface area contributed by atoms with Gasteiger partial charge in [-0.2, -0.15) is 0 Å². The first-order valence-electron chi connectivity index (χ1n) is 5.78. The van der Waals surface area contributed by atoms with Crippen LogP contribution in [-0.4, -0.2) is 11.2 Å². The van der Waals surface area contributed by atoms with E-state index < -0.39 is 0 Å². The molecule has 0 bridgehead atoms. The van der Waals surface area contributed by atoms with Crippen LogP contribution < -0.4 is 0 Å². The van der Waals surface area contributed by atoms with E-state index in [2.05, 4.69) is 13.8 Å². The maximum atomic E-state index is 9.24. The SMILES string of the molecule is [CH2]CC(O)CCCCCCCCC. The maximum Gasteiger partial charge on any atom is 0.0540 e. The lowest BCUT2D eigenvalue weighted by molar-refractivity contribution is 0.163. The predicted molar refractivity (Wildman–Crippen MR) is 58.6 cm³/mol. The molecule has 0 heterocycles. The maximum absolute atomic E-state index is 9.24. The van der Waals surface area contributed by atoms with Crippen LogP contribution in [-0.2, 0) is 0 Å². The fraction of sp³-hybridized carbons (Fsp3) is 0.917. The minimum absolute atomic E-state index is 0.157. The Hall–Kier alpha value is -0.0400. The van der Waals surface area contributed by atoms with Crippen molar-refractivity contribution < 1.29 is 5.11 Å². The molecular weight excluding hydrogens is 160 g/mol. The average Bonchev–Trinajstić information content (AvgIpc) is 2.16. The van der Waals surface area contributed by atoms with Crippen molar-refractivity contribution in [2.75, 3.05) is 0 Å². The molecule has 1 radical (unpaired) electrons. The zero-order chi connectivity index (χ0) is 9.94. The summed E-state index contributed by atoms with van der Waals surface area (Å²) in [5.74, 6) is 0. The van der Waals surface area contributed by atoms with Gasteiger partial charge in [-0.25, -0.2) is 0 Å². The van der Waals surface area contributed by atoms with Gasteiger partial charge < -0.3 is 5.11 Å². The van der Waals surface area contributed by atoms with Crippen LogP contribution in [0.3, 0.4) is 0 Å². The summed E-state index contributed by atoms with van der Waals surface area (Å²) >= 11 is 0. The van der Waals surface area contributed by atoms with E-state index >= 15 is 0 Å². The molecule has 0 aromatic rings. The molecule has 0 aliphatic heterocycles. The molecule has 13 heavy (non-hydrogen) atoms. The van der Waals surface area contributed by atoms with Crippen LogP contribution in [0.2, 0.25) is 0 Å². The Morgan fingerprint density at radius 1 is 1.00 bits per heavy atom. The Labute approximate surface area is 83.5 Å². The van der Waals surface area contributed by atoms with E-state index in [0.717, 1.165) is 6.42 Å². The van der Waals surface area contributed by atoms with Gasteiger partial charge in [-0.3, -0.25) is 0 Å². The van der Waals surface area contributed by atoms with Crippen LogP contribution in [0.4, 0.5) is 0 Å². The second-order valence-corrected chi connectivity index (χ2v) is 3.85. The lowest BCUT2D eigenvalue weighted by Gasteiger charge is -2.06. The number of aliphatic hydroxyl groups excluding tert-OH is 1. The summed E-state index contributed by atoms with van der Waals surface area (Å²) in [6, 6.07) is 0. The second-order valence-electron chi connectivity index (χ2n) is 3.85. The molecule has 1 nitrogen and oxygen atoms in total. The number of rotatable bonds is 9. The first-order valence-corrected chi connectivity index (χ1v) is 5.78. The Kier molecular flexibility index (Phi) is 10.0. The van der Waals surface area contributed by atoms with Crippen molar-refractivity contribution in [1.82, 2.24) is 0 Å². The van der Waals surface area contributed by atoms with E-state index in [1.165, 1.54) is 44.9 Å². The summed E-state index contributed by atoms with van der Waals surface area (Å²) in [4.78, 5) is 0. The van der Waals surface area contributed by atoms with E-state index in [1.807, 2.05) is 0 Å². The summed E-state index contributed by atoms with van der Waals surface area (Å²) < 4.78 is 0. The summed E-state index contributed by atoms with van der Waals surface area (Å²) in [7, 11) is 0. The van der Waals surface area contributed by atoms with Crippen LogP contribution in [0.5, 0.6) is 0 Å². The van der Waals surface area contributed by atoms with Gasteiger partial charge in [0.05, 0.1) is 6.10 Å². The minimum Gasteiger partial charge on any atom is -0.393 e. The lowest BCUT2D eigenvalue weighted by atomic mass is 10.1. The van der Waals surface area contributed by atoms with E-state index in [4.69, 9.17) is 0 Å². The van der Waals surface area contributed by atoms with Crippen molar-refractivity contribution in [2.45, 2.75) is 70.8 Å². The molecule has 0 rings (SSSR count). The van der Waals surface area contributed by atoms with Crippen molar-refractivity contribution in [3.05, 3.63) is 6.92 Å². The number of unbranched alkanes of at least 4 members (excludes halogenated alkanes) is 6. The van der Waals surface area contributed by atoms with Gasteiger partial charge in [0.2, 0.25) is 0 Å². The zero-order valence-electron chi connectivity index (χ0n) is 9.10. The van der Waals surface area contributed by atoms with E-state index in [-0.39, 0.29) is 6.10 Å². The fourth-order valence-electron chi connectivity index (χ4n) is 1.48. The minimum atomic E-state index is -0.157. The van der Waals surface area contributed by atoms with Crippen molar-refractivity contribution in [2.24, 2.45) is 0 Å². The zero-order valence-corrected chi connectivity index (χ0v) is 9.10. The molecule has 1 heteroatoms. The largest absolute Gasteiger partial charge is 0.393 e. The Balaban J connectivity index is 2.91. The second kappa shape index (κ2) is 10.0. The van der Waals surface area contributed by atoms with Crippen molar-refractivity contribution in [3.8, 4) is 0 Å². The van der Waals surface area contributed by atoms with Gasteiger partial charge in [0.15, 0.2) is 0 Å². The van der Waals surface area contributed by atoms with Crippen molar-refractivity contribution >= 4 is 0 Å². The molecule has 79 valence electrons. The first-order chi connectivity index (χ1) is 6.31. The summed E-state index contributed by atoms with van der Waals surface area (Å²) in [5, 5.41) is 9.24. The summed E-state index contributed by atoms with van der Waals surface area (Å²) in [5.41, 5.74) is 0. The molecule has 0 amide bonds. The standard InChI is InChI=1S/C12H25O/c1-3-5-6-7-8-9-10-11-12(13)4-2/h12-13H,2-11H2,1H3. The highest BCUT2D eigenvalue weighted by molar-refractivity contribution is 4.56. The predicted octanol–water partition coefficient (Wildman–Crippen LogP) is 3.71. The summed E-state index contributed by atoms with van der Waals surface area (Å²) in [6.07, 6.45) is 10.7. The lowest BCUT2D eigenvalue weighted by Crippen LogP contribution is -2.03. The molecule has 1 unspecified atom stereocenters. The van der Waals surface area contributed by atoms with Crippen LogP contribution in [0, 0.1) is 6.92 Å². The molecule has 1 atom stereocenters. The Bertz CT molecular complexity index is 91.1. The third kappa shape index (κ3) is 9.88. The molecule has 0 spiro atoms. The number of aliphatic hydroxyl groups is 1. The van der Waals surface area contributed by atoms with Crippen LogP contribution in [0.1, 0.15) is 64.7 Å². The third-order valence-corrected chi connectivity index (χ3v) is 2.47. The molecular formula is C12H25O. The van der Waals surface area contributed by atoms with Crippen LogP contribution >= 0.6 is 0 Å².